The van der Waals surface area contributed by atoms with E-state index in [0.29, 0.717) is 0 Å². The summed E-state index contributed by atoms with van der Waals surface area (Å²) < 4.78 is 1.21. The first kappa shape index (κ1) is 19.0. The Morgan fingerprint density at radius 1 is 1.10 bits per heavy atom. The van der Waals surface area contributed by atoms with E-state index in [1.165, 1.54) is 10.1 Å². The maximum atomic E-state index is 12.2. The van der Waals surface area contributed by atoms with Crippen LogP contribution in [-0.2, 0) is 0 Å². The van der Waals surface area contributed by atoms with Crippen LogP contribution in [0.25, 0.3) is 21.3 Å². The summed E-state index contributed by atoms with van der Waals surface area (Å²) in [6.45, 7) is 1.92. The maximum absolute atomic E-state index is 12.2. The molecular formula is C23H20N4OS2. The van der Waals surface area contributed by atoms with Gasteiger partial charge in [0.05, 0.1) is 17.7 Å². The number of aromatic nitrogens is 1. The molecule has 2 N–H and O–H groups in total. The second kappa shape index (κ2) is 7.66. The lowest BCUT2D eigenvalue weighted by atomic mass is 9.92. The number of amides is 2. The molecule has 2 aromatic heterocycles. The number of anilines is 1. The van der Waals surface area contributed by atoms with Gasteiger partial charge in [-0.05, 0) is 36.6 Å². The lowest BCUT2D eigenvalue weighted by Gasteiger charge is -2.28. The van der Waals surface area contributed by atoms with Crippen molar-refractivity contribution in [2.24, 2.45) is 4.99 Å². The first-order chi connectivity index (χ1) is 14.6. The van der Waals surface area contributed by atoms with Gasteiger partial charge in [-0.25, -0.2) is 14.8 Å². The van der Waals surface area contributed by atoms with E-state index >= 15 is 0 Å². The Morgan fingerprint density at radius 3 is 2.67 bits per heavy atom. The number of thiophene rings is 1. The summed E-state index contributed by atoms with van der Waals surface area (Å²) in [5, 5.41) is 10.4. The molecule has 7 heteroatoms. The molecule has 2 aromatic carbocycles. The number of hydrogen-bond donors (Lipinski definition) is 2. The van der Waals surface area contributed by atoms with Gasteiger partial charge < -0.3 is 10.6 Å². The normalized spacial score (nSPS) is 18.9. The van der Waals surface area contributed by atoms with Crippen LogP contribution in [-0.4, -0.2) is 23.8 Å². The van der Waals surface area contributed by atoms with Crippen LogP contribution >= 0.6 is 22.7 Å². The van der Waals surface area contributed by atoms with Crippen LogP contribution in [0.3, 0.4) is 0 Å². The number of rotatable bonds is 4. The molecule has 0 radical (unpaired) electrons. The van der Waals surface area contributed by atoms with Crippen molar-refractivity contribution in [3.63, 3.8) is 0 Å². The Balaban J connectivity index is 1.53. The molecule has 30 heavy (non-hydrogen) atoms. The Labute approximate surface area is 182 Å². The molecule has 0 fully saturated rings. The average Bonchev–Trinajstić information content (AvgIpc) is 3.40. The molecule has 2 amide bonds. The molecule has 4 aromatic rings. The zero-order valence-corrected chi connectivity index (χ0v) is 18.2. The van der Waals surface area contributed by atoms with Gasteiger partial charge in [-0.15, -0.1) is 22.7 Å². The van der Waals surface area contributed by atoms with Crippen LogP contribution in [0, 0.1) is 0 Å². The summed E-state index contributed by atoms with van der Waals surface area (Å²) in [4.78, 5) is 22.5. The van der Waals surface area contributed by atoms with E-state index < -0.39 is 0 Å². The molecule has 0 aliphatic carbocycles. The number of urea groups is 1. The van der Waals surface area contributed by atoms with E-state index in [0.717, 1.165) is 32.5 Å². The third-order valence-electron chi connectivity index (χ3n) is 5.35. The van der Waals surface area contributed by atoms with E-state index in [-0.39, 0.29) is 18.0 Å². The van der Waals surface area contributed by atoms with E-state index in [2.05, 4.69) is 51.3 Å². The van der Waals surface area contributed by atoms with Gasteiger partial charge in [0.2, 0.25) is 0 Å². The molecule has 0 bridgehead atoms. The topological polar surface area (TPSA) is 66.4 Å². The second-order valence-corrected chi connectivity index (χ2v) is 9.25. The number of thiazole rings is 1. The Hall–Kier alpha value is -3.03. The average molecular weight is 433 g/mol. The molecule has 0 saturated heterocycles. The molecule has 2 unspecified atom stereocenters. The third kappa shape index (κ3) is 3.40. The van der Waals surface area contributed by atoms with E-state index in [1.54, 1.807) is 22.7 Å². The first-order valence-corrected chi connectivity index (χ1v) is 11.4. The fraction of sp³-hybridized carbons (Fsp3) is 0.174. The fourth-order valence-electron chi connectivity index (χ4n) is 3.80. The van der Waals surface area contributed by atoms with Gasteiger partial charge in [0.25, 0.3) is 0 Å². The minimum absolute atomic E-state index is 0.0777. The van der Waals surface area contributed by atoms with Crippen molar-refractivity contribution < 1.29 is 4.79 Å². The number of carbonyl (C=O) groups excluding carboxylic acids is 1. The van der Waals surface area contributed by atoms with Crippen molar-refractivity contribution in [3.8, 4) is 11.3 Å². The molecule has 150 valence electrons. The zero-order valence-electron chi connectivity index (χ0n) is 16.5. The Bertz CT molecular complexity index is 1220. The number of hydrogen-bond acceptors (Lipinski definition) is 5. The SMILES string of the molecule is CNc1ccc(-c2csc(C3C(C)=NC(=O)NC3c3cc4ccccc4s3)n2)cc1. The van der Waals surface area contributed by atoms with Crippen LogP contribution in [0.4, 0.5) is 10.5 Å². The molecule has 2 atom stereocenters. The van der Waals surface area contributed by atoms with Crippen LogP contribution in [0.15, 0.2) is 65.0 Å². The van der Waals surface area contributed by atoms with Crippen molar-refractivity contribution in [3.05, 3.63) is 69.9 Å². The third-order valence-corrected chi connectivity index (χ3v) is 7.48. The van der Waals surface area contributed by atoms with Crippen molar-refractivity contribution in [1.29, 1.82) is 0 Å². The van der Waals surface area contributed by atoms with Crippen molar-refractivity contribution >= 4 is 50.2 Å². The first-order valence-electron chi connectivity index (χ1n) is 9.70. The summed E-state index contributed by atoms with van der Waals surface area (Å²) in [6.07, 6.45) is 0. The van der Waals surface area contributed by atoms with Gasteiger partial charge in [0.15, 0.2) is 0 Å². The highest BCUT2D eigenvalue weighted by Crippen LogP contribution is 2.41. The van der Waals surface area contributed by atoms with Gasteiger partial charge in [0.1, 0.15) is 5.01 Å². The highest BCUT2D eigenvalue weighted by atomic mass is 32.1. The zero-order chi connectivity index (χ0) is 20.7. The number of nitrogens with zero attached hydrogens (tertiary/aromatic N) is 2. The van der Waals surface area contributed by atoms with Crippen LogP contribution in [0.5, 0.6) is 0 Å². The smallest absolute Gasteiger partial charge is 0.341 e. The summed E-state index contributed by atoms with van der Waals surface area (Å²) >= 11 is 3.33. The van der Waals surface area contributed by atoms with Crippen LogP contribution < -0.4 is 10.6 Å². The number of carbonyl (C=O) groups is 1. The maximum Gasteiger partial charge on any atom is 0.341 e. The highest BCUT2D eigenvalue weighted by molar-refractivity contribution is 7.19. The predicted molar refractivity (Wildman–Crippen MR) is 126 cm³/mol. The van der Waals surface area contributed by atoms with Crippen molar-refractivity contribution in [2.45, 2.75) is 18.9 Å². The fourth-order valence-corrected chi connectivity index (χ4v) is 5.98. The summed E-state index contributed by atoms with van der Waals surface area (Å²) in [7, 11) is 1.91. The summed E-state index contributed by atoms with van der Waals surface area (Å²) in [5.74, 6) is -0.0777. The molecule has 3 heterocycles. The number of fused-ring (bicyclic) bond motifs is 1. The number of nitrogens with one attached hydrogen (secondary N) is 2. The second-order valence-electron chi connectivity index (χ2n) is 7.24. The van der Waals surface area contributed by atoms with Gasteiger partial charge in [0, 0.05) is 39.0 Å². The largest absolute Gasteiger partial charge is 0.388 e. The molecule has 5 nitrogen and oxygen atoms in total. The molecular weight excluding hydrogens is 412 g/mol. The van der Waals surface area contributed by atoms with Gasteiger partial charge >= 0.3 is 6.03 Å². The molecule has 0 saturated carbocycles. The van der Waals surface area contributed by atoms with E-state index in [4.69, 9.17) is 4.98 Å². The molecule has 1 aliphatic rings. The lowest BCUT2D eigenvalue weighted by Crippen LogP contribution is -2.38. The van der Waals surface area contributed by atoms with Gasteiger partial charge in [-0.2, -0.15) is 0 Å². The molecule has 5 rings (SSSR count). The lowest BCUT2D eigenvalue weighted by molar-refractivity contribution is 0.243. The number of aliphatic imine (C=N–C) groups is 1. The monoisotopic (exact) mass is 432 g/mol. The minimum atomic E-state index is -0.286. The van der Waals surface area contributed by atoms with Crippen LogP contribution in [0.1, 0.15) is 28.8 Å². The van der Waals surface area contributed by atoms with Gasteiger partial charge in [-0.1, -0.05) is 30.3 Å². The van der Waals surface area contributed by atoms with Crippen molar-refractivity contribution in [1.82, 2.24) is 10.3 Å². The van der Waals surface area contributed by atoms with Crippen molar-refractivity contribution in [2.75, 3.05) is 12.4 Å². The van der Waals surface area contributed by atoms with E-state index in [9.17, 15) is 4.79 Å². The van der Waals surface area contributed by atoms with E-state index in [1.807, 2.05) is 38.2 Å². The van der Waals surface area contributed by atoms with Crippen LogP contribution in [0.2, 0.25) is 0 Å². The Morgan fingerprint density at radius 2 is 1.90 bits per heavy atom. The predicted octanol–water partition coefficient (Wildman–Crippen LogP) is 6.08. The highest BCUT2D eigenvalue weighted by Gasteiger charge is 2.35. The summed E-state index contributed by atoms with van der Waals surface area (Å²) in [6, 6.07) is 18.2. The number of benzene rings is 2. The Kier molecular flexibility index (Phi) is 4.84. The quantitative estimate of drug-likeness (QED) is 0.411. The molecule has 1 aliphatic heterocycles. The van der Waals surface area contributed by atoms with Gasteiger partial charge in [-0.3, -0.25) is 0 Å². The summed E-state index contributed by atoms with van der Waals surface area (Å²) in [5.41, 5.74) is 3.88. The standard InChI is InChI=1S/C23H20N4OS2/c1-13-20(22-26-17(12-29-22)14-7-9-16(24-2)10-8-14)21(27-23(28)25-13)19-11-15-5-3-4-6-18(15)30-19/h3-12,20-21,24H,1-2H3,(H,27,28). The minimum Gasteiger partial charge on any atom is -0.388 e. The molecule has 0 spiro atoms.